The molecule has 0 fully saturated rings. The van der Waals surface area contributed by atoms with Crippen LogP contribution >= 0.6 is 11.3 Å². The number of thiazole rings is 1. The van der Waals surface area contributed by atoms with Crippen LogP contribution in [0, 0.1) is 6.92 Å². The smallest absolute Gasteiger partial charge is 0.107 e. The van der Waals surface area contributed by atoms with Crippen LogP contribution in [0.25, 0.3) is 5.69 Å². The molecule has 5 heteroatoms. The monoisotopic (exact) mass is 298 g/mol. The van der Waals surface area contributed by atoms with Crippen molar-refractivity contribution < 1.29 is 0 Å². The maximum Gasteiger partial charge on any atom is 0.107 e. The van der Waals surface area contributed by atoms with Crippen LogP contribution in [0.4, 0.5) is 0 Å². The van der Waals surface area contributed by atoms with Crippen LogP contribution in [-0.2, 0) is 13.1 Å². The molecule has 4 nitrogen and oxygen atoms in total. The first kappa shape index (κ1) is 14.0. The minimum absolute atomic E-state index is 0.889. The van der Waals surface area contributed by atoms with Gasteiger partial charge in [-0.1, -0.05) is 6.07 Å². The lowest BCUT2D eigenvalue weighted by Gasteiger charge is -2.17. The van der Waals surface area contributed by atoms with Crippen molar-refractivity contribution in [3.63, 3.8) is 0 Å². The average molecular weight is 298 g/mol. The van der Waals surface area contributed by atoms with E-state index in [0.717, 1.165) is 23.8 Å². The van der Waals surface area contributed by atoms with E-state index in [4.69, 9.17) is 0 Å². The van der Waals surface area contributed by atoms with Crippen molar-refractivity contribution in [1.82, 2.24) is 19.4 Å². The van der Waals surface area contributed by atoms with E-state index in [9.17, 15) is 0 Å². The summed E-state index contributed by atoms with van der Waals surface area (Å²) >= 11 is 1.70. The summed E-state index contributed by atoms with van der Waals surface area (Å²) in [4.78, 5) is 10.7. The van der Waals surface area contributed by atoms with Crippen molar-refractivity contribution in [2.45, 2.75) is 20.0 Å². The van der Waals surface area contributed by atoms with E-state index in [2.05, 4.69) is 47.0 Å². The fraction of sp³-hybridized carbons (Fsp3) is 0.250. The Hall–Kier alpha value is -1.98. The van der Waals surface area contributed by atoms with Gasteiger partial charge in [-0.15, -0.1) is 11.3 Å². The Morgan fingerprint density at radius 1 is 1.24 bits per heavy atom. The van der Waals surface area contributed by atoms with E-state index in [1.807, 2.05) is 28.7 Å². The molecule has 0 unspecified atom stereocenters. The third-order valence-electron chi connectivity index (χ3n) is 3.46. The van der Waals surface area contributed by atoms with Gasteiger partial charge < -0.3 is 4.57 Å². The fourth-order valence-electron chi connectivity index (χ4n) is 2.34. The largest absolute Gasteiger partial charge is 0.306 e. The zero-order valence-electron chi connectivity index (χ0n) is 12.2. The summed E-state index contributed by atoms with van der Waals surface area (Å²) in [6, 6.07) is 6.54. The maximum absolute atomic E-state index is 4.33. The number of benzene rings is 1. The minimum Gasteiger partial charge on any atom is -0.306 e. The third kappa shape index (κ3) is 3.37. The molecule has 0 N–H and O–H groups in total. The molecule has 0 bridgehead atoms. The molecule has 108 valence electrons. The van der Waals surface area contributed by atoms with Gasteiger partial charge in [0.1, 0.15) is 5.01 Å². The van der Waals surface area contributed by atoms with Gasteiger partial charge in [0.05, 0.1) is 12.9 Å². The minimum atomic E-state index is 0.889. The highest BCUT2D eigenvalue weighted by Crippen LogP contribution is 2.17. The van der Waals surface area contributed by atoms with E-state index in [1.54, 1.807) is 17.5 Å². The van der Waals surface area contributed by atoms with Gasteiger partial charge in [-0.25, -0.2) is 9.97 Å². The first-order chi connectivity index (χ1) is 10.2. The Bertz CT molecular complexity index is 689. The molecule has 0 aliphatic rings. The van der Waals surface area contributed by atoms with Crippen LogP contribution in [0.5, 0.6) is 0 Å². The molecule has 0 radical (unpaired) electrons. The summed E-state index contributed by atoms with van der Waals surface area (Å²) in [6.07, 6.45) is 7.44. The topological polar surface area (TPSA) is 34.0 Å². The fourth-order valence-corrected chi connectivity index (χ4v) is 3.03. The van der Waals surface area contributed by atoms with Crippen LogP contribution < -0.4 is 0 Å². The molecule has 0 saturated carbocycles. The molecule has 0 amide bonds. The Morgan fingerprint density at radius 2 is 2.14 bits per heavy atom. The van der Waals surface area contributed by atoms with E-state index in [1.165, 1.54) is 11.1 Å². The number of imidazole rings is 1. The second-order valence-corrected chi connectivity index (χ2v) is 6.16. The first-order valence-electron chi connectivity index (χ1n) is 6.87. The summed E-state index contributed by atoms with van der Waals surface area (Å²) in [5.41, 5.74) is 3.79. The van der Waals surface area contributed by atoms with Gasteiger partial charge in [-0.3, -0.25) is 4.90 Å². The van der Waals surface area contributed by atoms with E-state index >= 15 is 0 Å². The molecule has 3 rings (SSSR count). The summed E-state index contributed by atoms with van der Waals surface area (Å²) in [6.45, 7) is 3.98. The summed E-state index contributed by atoms with van der Waals surface area (Å²) < 4.78 is 2.02. The second kappa shape index (κ2) is 6.20. The Morgan fingerprint density at radius 3 is 2.81 bits per heavy atom. The number of hydrogen-bond donors (Lipinski definition) is 0. The van der Waals surface area contributed by atoms with Gasteiger partial charge in [0.2, 0.25) is 0 Å². The van der Waals surface area contributed by atoms with Crippen molar-refractivity contribution in [3.8, 4) is 5.69 Å². The van der Waals surface area contributed by atoms with E-state index in [0.29, 0.717) is 0 Å². The molecule has 2 heterocycles. The third-order valence-corrected chi connectivity index (χ3v) is 4.22. The molecule has 21 heavy (non-hydrogen) atoms. The van der Waals surface area contributed by atoms with Gasteiger partial charge in [0, 0.05) is 36.2 Å². The Balaban J connectivity index is 1.71. The van der Waals surface area contributed by atoms with Crippen LogP contribution in [0.2, 0.25) is 0 Å². The highest BCUT2D eigenvalue weighted by Gasteiger charge is 2.07. The van der Waals surface area contributed by atoms with Crippen molar-refractivity contribution in [3.05, 3.63) is 64.6 Å². The molecule has 1 aromatic carbocycles. The summed E-state index contributed by atoms with van der Waals surface area (Å²) in [5.74, 6) is 0. The lowest BCUT2D eigenvalue weighted by atomic mass is 10.1. The summed E-state index contributed by atoms with van der Waals surface area (Å²) in [5, 5.41) is 3.18. The maximum atomic E-state index is 4.33. The number of nitrogens with zero attached hydrogens (tertiary/aromatic N) is 4. The molecule has 0 aliphatic carbocycles. The van der Waals surface area contributed by atoms with Gasteiger partial charge in [-0.2, -0.15) is 0 Å². The van der Waals surface area contributed by atoms with Gasteiger partial charge in [0.25, 0.3) is 0 Å². The van der Waals surface area contributed by atoms with Crippen LogP contribution in [-0.4, -0.2) is 26.5 Å². The predicted octanol–water partition coefficient (Wildman–Crippen LogP) is 3.27. The molecular weight excluding hydrogens is 280 g/mol. The lowest BCUT2D eigenvalue weighted by molar-refractivity contribution is 0.318. The summed E-state index contributed by atoms with van der Waals surface area (Å²) in [7, 11) is 2.13. The molecular formula is C16H18N4S. The zero-order chi connectivity index (χ0) is 14.7. The van der Waals surface area contributed by atoms with Gasteiger partial charge >= 0.3 is 0 Å². The van der Waals surface area contributed by atoms with Crippen molar-refractivity contribution in [2.75, 3.05) is 7.05 Å². The SMILES string of the molecule is Cc1cc(-n2ccnc2)ccc1CN(C)Cc1nccs1. The van der Waals surface area contributed by atoms with Crippen LogP contribution in [0.15, 0.2) is 48.5 Å². The van der Waals surface area contributed by atoms with Gasteiger partial charge in [-0.05, 0) is 37.2 Å². The Kier molecular flexibility index (Phi) is 4.13. The predicted molar refractivity (Wildman–Crippen MR) is 85.6 cm³/mol. The molecule has 0 spiro atoms. The number of aromatic nitrogens is 3. The standard InChI is InChI=1S/C16H18N4S/c1-13-9-15(20-7-5-17-12-20)4-3-14(13)10-19(2)11-16-18-6-8-21-16/h3-9,12H,10-11H2,1-2H3. The van der Waals surface area contributed by atoms with Gasteiger partial charge in [0.15, 0.2) is 0 Å². The Labute approximate surface area is 128 Å². The van der Waals surface area contributed by atoms with E-state index < -0.39 is 0 Å². The number of rotatable bonds is 5. The molecule has 3 aromatic rings. The molecule has 0 aliphatic heterocycles. The quantitative estimate of drug-likeness (QED) is 0.725. The van der Waals surface area contributed by atoms with E-state index in [-0.39, 0.29) is 0 Å². The molecule has 0 atom stereocenters. The lowest BCUT2D eigenvalue weighted by Crippen LogP contribution is -2.17. The highest BCUT2D eigenvalue weighted by molar-refractivity contribution is 7.09. The normalized spacial score (nSPS) is 11.2. The number of aryl methyl sites for hydroxylation is 1. The van der Waals surface area contributed by atoms with Crippen LogP contribution in [0.3, 0.4) is 0 Å². The zero-order valence-corrected chi connectivity index (χ0v) is 13.0. The molecule has 0 saturated heterocycles. The van der Waals surface area contributed by atoms with Crippen molar-refractivity contribution in [2.24, 2.45) is 0 Å². The highest BCUT2D eigenvalue weighted by atomic mass is 32.1. The first-order valence-corrected chi connectivity index (χ1v) is 7.75. The van der Waals surface area contributed by atoms with Crippen molar-refractivity contribution in [1.29, 1.82) is 0 Å². The number of hydrogen-bond acceptors (Lipinski definition) is 4. The molecule has 2 aromatic heterocycles. The average Bonchev–Trinajstić information content (AvgIpc) is 3.13. The van der Waals surface area contributed by atoms with Crippen LogP contribution in [0.1, 0.15) is 16.1 Å². The van der Waals surface area contributed by atoms with Crippen molar-refractivity contribution >= 4 is 11.3 Å². The second-order valence-electron chi connectivity index (χ2n) is 5.18.